The Morgan fingerprint density at radius 2 is 1.35 bits per heavy atom. The SMILES string of the molecule is [2H]C([2H])(c1ccnc(-n2c3[c-]c(Oc4[c-]c(-n5[c-][n+](-c6cc(C(C)(C)C)cc(C(C)(C)C)c6)c6ccccc65)ncc4)ccc3c3ccccc32)c1)C(C)(C)C.[Pt]. The van der Waals surface area contributed by atoms with Gasteiger partial charge in [-0.25, -0.2) is 4.98 Å². The van der Waals surface area contributed by atoms with Crippen molar-refractivity contribution in [3.8, 4) is 28.8 Å². The van der Waals surface area contributed by atoms with Gasteiger partial charge in [0, 0.05) is 41.3 Å². The van der Waals surface area contributed by atoms with E-state index < -0.39 is 11.8 Å². The Bertz CT molecular complexity index is 2750. The number of aromatic nitrogens is 5. The first-order chi connectivity index (χ1) is 26.4. The number of ether oxygens (including phenoxy) is 1. The first-order valence-electron chi connectivity index (χ1n) is 19.5. The molecule has 0 bridgehead atoms. The fourth-order valence-corrected chi connectivity index (χ4v) is 6.89. The minimum Gasteiger partial charge on any atom is -0.522 e. The molecule has 0 aliphatic carbocycles. The summed E-state index contributed by atoms with van der Waals surface area (Å²) >= 11 is 0. The third-order valence-corrected chi connectivity index (χ3v) is 9.61. The maximum absolute atomic E-state index is 8.94. The average molecular weight is 907 g/mol. The summed E-state index contributed by atoms with van der Waals surface area (Å²) in [6.07, 6.45) is 5.42. The van der Waals surface area contributed by atoms with E-state index in [1.54, 1.807) is 24.5 Å². The number of rotatable bonds is 6. The van der Waals surface area contributed by atoms with Crippen LogP contribution in [-0.4, -0.2) is 19.1 Å². The zero-order chi connectivity index (χ0) is 39.8. The van der Waals surface area contributed by atoms with Gasteiger partial charge >= 0.3 is 0 Å². The molecule has 7 heteroatoms. The molecule has 4 heterocycles. The van der Waals surface area contributed by atoms with Gasteiger partial charge in [0.05, 0.1) is 22.5 Å². The van der Waals surface area contributed by atoms with E-state index in [1.807, 2.05) is 78.4 Å². The molecular formula is C48H47N5OPt-2. The number of pyridine rings is 2. The first-order valence-corrected chi connectivity index (χ1v) is 18.5. The molecule has 6 nitrogen and oxygen atoms in total. The molecule has 0 spiro atoms. The standard InChI is InChI=1S/C48H47N5O.Pt/c1-46(2,3)30-32-20-22-50-45(24-32)53-40-15-11-10-14-38(40)39-19-18-36(28-43(39)53)54-37-21-23-49-44(29-37)52-31-51(41-16-12-13-17-42(41)52)35-26-33(47(4,5)6)25-34(27-35)48(7,8)9;/h10-27H,30H2,1-9H3;/q-2;/i30D2;. The van der Waals surface area contributed by atoms with Crippen LogP contribution in [0.3, 0.4) is 0 Å². The molecule has 55 heavy (non-hydrogen) atoms. The Balaban J connectivity index is 0.00000496. The Kier molecular flexibility index (Phi) is 9.21. The minimum atomic E-state index is -1.58. The molecule has 0 saturated carbocycles. The molecule has 0 amide bonds. The summed E-state index contributed by atoms with van der Waals surface area (Å²) in [5, 5.41) is 2.03. The number of nitrogens with zero attached hydrogens (tertiary/aromatic N) is 5. The van der Waals surface area contributed by atoms with E-state index in [1.165, 1.54) is 11.1 Å². The fourth-order valence-electron chi connectivity index (χ4n) is 6.89. The number of para-hydroxylation sites is 3. The molecule has 282 valence electrons. The largest absolute Gasteiger partial charge is 0.522 e. The average Bonchev–Trinajstić information content (AvgIpc) is 3.70. The van der Waals surface area contributed by atoms with Crippen LogP contribution in [0.4, 0.5) is 0 Å². The van der Waals surface area contributed by atoms with Crippen LogP contribution in [0.25, 0.3) is 50.2 Å². The fraction of sp³-hybridized carbons (Fsp3) is 0.271. The molecule has 8 aromatic rings. The Labute approximate surface area is 341 Å². The summed E-state index contributed by atoms with van der Waals surface area (Å²) in [5.41, 5.74) is 7.11. The molecule has 4 aromatic carbocycles. The second kappa shape index (κ2) is 14.2. The van der Waals surface area contributed by atoms with E-state index in [2.05, 4.69) is 101 Å². The molecular weight excluding hydrogens is 858 g/mol. The quantitative estimate of drug-likeness (QED) is 0.123. The number of hydrogen-bond donors (Lipinski definition) is 0. The van der Waals surface area contributed by atoms with Crippen LogP contribution in [0, 0.1) is 23.9 Å². The van der Waals surface area contributed by atoms with Crippen molar-refractivity contribution in [3.63, 3.8) is 0 Å². The van der Waals surface area contributed by atoms with Gasteiger partial charge in [0.1, 0.15) is 5.82 Å². The summed E-state index contributed by atoms with van der Waals surface area (Å²) in [7, 11) is 0. The molecule has 4 aromatic heterocycles. The van der Waals surface area contributed by atoms with Gasteiger partial charge in [0.2, 0.25) is 0 Å². The number of hydrogen-bond acceptors (Lipinski definition) is 3. The molecule has 0 radical (unpaired) electrons. The minimum absolute atomic E-state index is 0. The number of imidazole rings is 1. The van der Waals surface area contributed by atoms with Gasteiger partial charge in [-0.15, -0.1) is 17.5 Å². The Morgan fingerprint density at radius 1 is 0.691 bits per heavy atom. The molecule has 0 saturated heterocycles. The summed E-state index contributed by atoms with van der Waals surface area (Å²) in [6, 6.07) is 39.5. The van der Waals surface area contributed by atoms with E-state index in [9.17, 15) is 0 Å². The maximum Gasteiger partial charge on any atom is 0.269 e. The van der Waals surface area contributed by atoms with E-state index in [-0.39, 0.29) is 31.9 Å². The zero-order valence-electron chi connectivity index (χ0n) is 34.9. The third kappa shape index (κ3) is 7.62. The molecule has 0 N–H and O–H groups in total. The van der Waals surface area contributed by atoms with Gasteiger partial charge in [-0.2, -0.15) is 18.2 Å². The molecule has 0 unspecified atom stereocenters. The number of benzene rings is 4. The summed E-state index contributed by atoms with van der Waals surface area (Å²) in [5.74, 6) is 2.14. The molecule has 0 fully saturated rings. The topological polar surface area (TPSA) is 48.8 Å². The summed E-state index contributed by atoms with van der Waals surface area (Å²) < 4.78 is 30.5. The second-order valence-electron chi connectivity index (χ2n) is 17.1. The Morgan fingerprint density at radius 3 is 2.05 bits per heavy atom. The van der Waals surface area contributed by atoms with Gasteiger partial charge < -0.3 is 9.30 Å². The van der Waals surface area contributed by atoms with Crippen molar-refractivity contribution in [2.45, 2.75) is 79.5 Å². The third-order valence-electron chi connectivity index (χ3n) is 9.61. The van der Waals surface area contributed by atoms with Crippen molar-refractivity contribution in [1.29, 1.82) is 0 Å². The van der Waals surface area contributed by atoms with Crippen molar-refractivity contribution >= 4 is 32.8 Å². The van der Waals surface area contributed by atoms with Crippen molar-refractivity contribution in [2.24, 2.45) is 5.41 Å². The predicted molar refractivity (Wildman–Crippen MR) is 218 cm³/mol. The van der Waals surface area contributed by atoms with E-state index in [0.717, 1.165) is 38.5 Å². The van der Waals surface area contributed by atoms with Crippen LogP contribution in [-0.2, 0) is 38.3 Å². The predicted octanol–water partition coefficient (Wildman–Crippen LogP) is 11.2. The van der Waals surface area contributed by atoms with Gasteiger partial charge in [-0.05, 0) is 80.8 Å². The molecule has 0 aliphatic rings. The van der Waals surface area contributed by atoms with Gasteiger partial charge in [0.25, 0.3) is 6.33 Å². The van der Waals surface area contributed by atoms with Crippen molar-refractivity contribution in [2.75, 3.05) is 0 Å². The zero-order valence-corrected chi connectivity index (χ0v) is 35.1. The van der Waals surface area contributed by atoms with E-state index in [4.69, 9.17) is 17.4 Å². The van der Waals surface area contributed by atoms with Crippen LogP contribution in [0.2, 0.25) is 0 Å². The normalized spacial score (nSPS) is 13.2. The first kappa shape index (κ1) is 35.6. The smallest absolute Gasteiger partial charge is 0.269 e. The van der Waals surface area contributed by atoms with Crippen LogP contribution in [0.5, 0.6) is 11.5 Å². The monoisotopic (exact) mass is 906 g/mol. The van der Waals surface area contributed by atoms with Gasteiger partial charge in [-0.3, -0.25) is 14.1 Å². The van der Waals surface area contributed by atoms with Gasteiger partial charge in [0.15, 0.2) is 0 Å². The van der Waals surface area contributed by atoms with Crippen LogP contribution < -0.4 is 9.30 Å². The van der Waals surface area contributed by atoms with Crippen molar-refractivity contribution in [3.05, 3.63) is 145 Å². The van der Waals surface area contributed by atoms with Crippen molar-refractivity contribution < 1.29 is 33.1 Å². The Hall–Kier alpha value is -5.06. The van der Waals surface area contributed by atoms with E-state index >= 15 is 0 Å². The molecule has 0 atom stereocenters. The van der Waals surface area contributed by atoms with Crippen LogP contribution in [0.15, 0.2) is 109 Å². The van der Waals surface area contributed by atoms with Gasteiger partial charge in [-0.1, -0.05) is 123 Å². The molecule has 0 aliphatic heterocycles. The van der Waals surface area contributed by atoms with Crippen LogP contribution >= 0.6 is 0 Å². The van der Waals surface area contributed by atoms with E-state index in [0.29, 0.717) is 28.7 Å². The van der Waals surface area contributed by atoms with Crippen molar-refractivity contribution in [1.82, 2.24) is 19.1 Å². The van der Waals surface area contributed by atoms with Crippen LogP contribution in [0.1, 0.15) is 81.7 Å². The number of fused-ring (bicyclic) bond motifs is 4. The maximum atomic E-state index is 8.94. The molecule has 8 rings (SSSR count). The second-order valence-corrected chi connectivity index (χ2v) is 17.1. The summed E-state index contributed by atoms with van der Waals surface area (Å²) in [4.78, 5) is 9.46. The summed E-state index contributed by atoms with van der Waals surface area (Å²) in [6.45, 7) is 19.2.